The van der Waals surface area contributed by atoms with Crippen LogP contribution in [-0.2, 0) is 9.84 Å². The maximum absolute atomic E-state index is 12.4. The lowest BCUT2D eigenvalue weighted by Crippen LogP contribution is -2.37. The minimum absolute atomic E-state index is 0.0000838. The maximum Gasteiger partial charge on any atom is 0.251 e. The van der Waals surface area contributed by atoms with E-state index in [4.69, 9.17) is 11.6 Å². The smallest absolute Gasteiger partial charge is 0.251 e. The van der Waals surface area contributed by atoms with E-state index in [9.17, 15) is 13.2 Å². The molecule has 1 N–H and O–H groups in total. The van der Waals surface area contributed by atoms with Crippen LogP contribution >= 0.6 is 11.6 Å². The van der Waals surface area contributed by atoms with E-state index in [0.29, 0.717) is 5.56 Å². The molecule has 1 fully saturated rings. The molecule has 0 bridgehead atoms. The van der Waals surface area contributed by atoms with Gasteiger partial charge in [-0.1, -0.05) is 37.8 Å². The van der Waals surface area contributed by atoms with Crippen LogP contribution in [0.5, 0.6) is 0 Å². The van der Waals surface area contributed by atoms with E-state index in [1.165, 1.54) is 31.4 Å². The number of amides is 1. The molecule has 1 saturated carbocycles. The predicted octanol–water partition coefficient (Wildman–Crippen LogP) is 4.22. The highest BCUT2D eigenvalue weighted by molar-refractivity contribution is 7.90. The van der Waals surface area contributed by atoms with Crippen LogP contribution in [0, 0.1) is 5.92 Å². The summed E-state index contributed by atoms with van der Waals surface area (Å²) in [6, 6.07) is 4.57. The van der Waals surface area contributed by atoms with Crippen molar-refractivity contribution < 1.29 is 13.2 Å². The van der Waals surface area contributed by atoms with Gasteiger partial charge in [0.15, 0.2) is 9.84 Å². The first-order chi connectivity index (χ1) is 11.3. The zero-order valence-corrected chi connectivity index (χ0v) is 15.9. The number of unbranched alkanes of at least 4 members (excludes halogenated alkanes) is 1. The molecule has 4 nitrogen and oxygen atoms in total. The van der Waals surface area contributed by atoms with E-state index in [1.54, 1.807) is 6.07 Å². The highest BCUT2D eigenvalue weighted by atomic mass is 35.5. The molecule has 0 unspecified atom stereocenters. The first-order valence-electron chi connectivity index (χ1n) is 8.61. The van der Waals surface area contributed by atoms with Crippen molar-refractivity contribution in [3.63, 3.8) is 0 Å². The van der Waals surface area contributed by atoms with Crippen molar-refractivity contribution in [3.05, 3.63) is 28.8 Å². The lowest BCUT2D eigenvalue weighted by Gasteiger charge is -2.29. The van der Waals surface area contributed by atoms with Crippen molar-refractivity contribution in [2.75, 3.05) is 6.26 Å². The van der Waals surface area contributed by atoms with E-state index in [2.05, 4.69) is 12.2 Å². The van der Waals surface area contributed by atoms with E-state index in [1.807, 2.05) is 0 Å². The summed E-state index contributed by atoms with van der Waals surface area (Å²) in [4.78, 5) is 12.4. The van der Waals surface area contributed by atoms with Crippen molar-refractivity contribution in [3.8, 4) is 0 Å². The van der Waals surface area contributed by atoms with Gasteiger partial charge in [-0.2, -0.15) is 0 Å². The molecule has 0 aliphatic heterocycles. The second-order valence-corrected chi connectivity index (χ2v) is 9.14. The number of benzene rings is 1. The molecule has 0 saturated heterocycles. The minimum Gasteiger partial charge on any atom is -0.349 e. The number of carbonyl (C=O) groups is 1. The summed E-state index contributed by atoms with van der Waals surface area (Å²) in [7, 11) is -3.45. The first kappa shape index (κ1) is 19.3. The molecule has 0 radical (unpaired) electrons. The van der Waals surface area contributed by atoms with Crippen molar-refractivity contribution in [2.24, 2.45) is 5.92 Å². The molecule has 2 rings (SSSR count). The van der Waals surface area contributed by atoms with Crippen molar-refractivity contribution in [1.82, 2.24) is 5.32 Å². The summed E-state index contributed by atoms with van der Waals surface area (Å²) in [6.45, 7) is 2.21. The van der Waals surface area contributed by atoms with Gasteiger partial charge in [-0.3, -0.25) is 4.79 Å². The topological polar surface area (TPSA) is 63.2 Å². The van der Waals surface area contributed by atoms with Crippen LogP contribution in [0.4, 0.5) is 0 Å². The molecule has 1 amide bonds. The van der Waals surface area contributed by atoms with Crippen molar-refractivity contribution in [1.29, 1.82) is 0 Å². The molecule has 0 aromatic heterocycles. The molecular weight excluding hydrogens is 346 g/mol. The van der Waals surface area contributed by atoms with Crippen molar-refractivity contribution >= 4 is 27.3 Å². The first-order valence-corrected chi connectivity index (χ1v) is 10.9. The van der Waals surface area contributed by atoms with Gasteiger partial charge in [0.25, 0.3) is 5.91 Å². The highest BCUT2D eigenvalue weighted by Crippen LogP contribution is 2.28. The normalized spacial score (nSPS) is 21.5. The molecule has 1 aromatic rings. The molecule has 0 spiro atoms. The summed E-state index contributed by atoms with van der Waals surface area (Å²) < 4.78 is 23.4. The number of hydrogen-bond donors (Lipinski definition) is 1. The van der Waals surface area contributed by atoms with Crippen LogP contribution in [0.2, 0.25) is 5.02 Å². The third-order valence-corrected chi connectivity index (χ3v) is 6.32. The van der Waals surface area contributed by atoms with E-state index < -0.39 is 9.84 Å². The Bertz CT molecular complexity index is 680. The average molecular weight is 372 g/mol. The second-order valence-electron chi connectivity index (χ2n) is 6.75. The van der Waals surface area contributed by atoms with Crippen LogP contribution in [0.25, 0.3) is 0 Å². The summed E-state index contributed by atoms with van der Waals surface area (Å²) >= 11 is 5.92. The third-order valence-electron chi connectivity index (χ3n) is 4.74. The largest absolute Gasteiger partial charge is 0.349 e. The van der Waals surface area contributed by atoms with Gasteiger partial charge in [0.2, 0.25) is 0 Å². The summed E-state index contributed by atoms with van der Waals surface area (Å²) in [5.41, 5.74) is 0.341. The Kier molecular flexibility index (Phi) is 6.70. The van der Waals surface area contributed by atoms with Gasteiger partial charge < -0.3 is 5.32 Å². The molecule has 0 heterocycles. The standard InChI is InChI=1S/C18H26ClNO3S/c1-3-4-5-13-6-9-15(10-7-13)20-18(21)14-8-11-16(19)17(12-14)24(2,22)23/h8,11-13,15H,3-7,9-10H2,1-2H3,(H,20,21). The third kappa shape index (κ3) is 5.21. The Morgan fingerprint density at radius 3 is 2.50 bits per heavy atom. The molecule has 1 aromatic carbocycles. The zero-order valence-electron chi connectivity index (χ0n) is 14.3. The Balaban J connectivity index is 1.96. The van der Waals surface area contributed by atoms with Crippen LogP contribution in [0.1, 0.15) is 62.2 Å². The molecule has 6 heteroatoms. The molecular formula is C18H26ClNO3S. The van der Waals surface area contributed by atoms with Gasteiger partial charge in [0.1, 0.15) is 0 Å². The van der Waals surface area contributed by atoms with Gasteiger partial charge >= 0.3 is 0 Å². The summed E-state index contributed by atoms with van der Waals surface area (Å²) in [5.74, 6) is 0.555. The molecule has 1 aliphatic rings. The van der Waals surface area contributed by atoms with E-state index in [0.717, 1.165) is 37.9 Å². The monoisotopic (exact) mass is 371 g/mol. The summed E-state index contributed by atoms with van der Waals surface area (Å²) in [5, 5.41) is 3.18. The van der Waals surface area contributed by atoms with Gasteiger partial charge in [-0.25, -0.2) is 8.42 Å². The fraction of sp³-hybridized carbons (Fsp3) is 0.611. The van der Waals surface area contributed by atoms with Crippen molar-refractivity contribution in [2.45, 2.75) is 62.8 Å². The van der Waals surface area contributed by atoms with E-state index in [-0.39, 0.29) is 21.9 Å². The Morgan fingerprint density at radius 1 is 1.25 bits per heavy atom. The minimum atomic E-state index is -3.45. The van der Waals surface area contributed by atoms with Crippen LogP contribution in [0.15, 0.2) is 23.1 Å². The number of sulfone groups is 1. The van der Waals surface area contributed by atoms with Crippen LogP contribution < -0.4 is 5.32 Å². The quantitative estimate of drug-likeness (QED) is 0.814. The van der Waals surface area contributed by atoms with Gasteiger partial charge in [0.05, 0.1) is 9.92 Å². The lowest BCUT2D eigenvalue weighted by atomic mass is 9.83. The number of hydrogen-bond acceptors (Lipinski definition) is 3. The molecule has 0 atom stereocenters. The molecule has 1 aliphatic carbocycles. The second kappa shape index (κ2) is 8.34. The Labute approximate surface area is 149 Å². The molecule has 24 heavy (non-hydrogen) atoms. The fourth-order valence-corrected chi connectivity index (χ4v) is 4.59. The fourth-order valence-electron chi connectivity index (χ4n) is 3.29. The van der Waals surface area contributed by atoms with E-state index >= 15 is 0 Å². The number of halogens is 1. The average Bonchev–Trinajstić information content (AvgIpc) is 2.53. The van der Waals surface area contributed by atoms with Crippen LogP contribution in [0.3, 0.4) is 0 Å². The van der Waals surface area contributed by atoms with Gasteiger partial charge in [-0.05, 0) is 49.8 Å². The lowest BCUT2D eigenvalue weighted by molar-refractivity contribution is 0.0921. The zero-order chi connectivity index (χ0) is 17.7. The van der Waals surface area contributed by atoms with Crippen LogP contribution in [-0.4, -0.2) is 26.6 Å². The SMILES string of the molecule is CCCCC1CCC(NC(=O)c2ccc(Cl)c(S(C)(=O)=O)c2)CC1. The molecule has 134 valence electrons. The van der Waals surface area contributed by atoms with Gasteiger partial charge in [-0.15, -0.1) is 0 Å². The Morgan fingerprint density at radius 2 is 1.92 bits per heavy atom. The highest BCUT2D eigenvalue weighted by Gasteiger charge is 2.23. The number of rotatable bonds is 6. The van der Waals surface area contributed by atoms with Gasteiger partial charge in [0, 0.05) is 17.9 Å². The predicted molar refractivity (Wildman–Crippen MR) is 97.3 cm³/mol. The number of carbonyl (C=O) groups excluding carboxylic acids is 1. The maximum atomic E-state index is 12.4. The Hall–Kier alpha value is -1.07. The number of nitrogens with one attached hydrogen (secondary N) is 1. The summed E-state index contributed by atoms with van der Waals surface area (Å²) in [6.07, 6.45) is 9.18.